The van der Waals surface area contributed by atoms with Crippen molar-refractivity contribution in [2.24, 2.45) is 0 Å². The Kier molecular flexibility index (Phi) is 5.17. The van der Waals surface area contributed by atoms with Crippen molar-refractivity contribution < 1.29 is 28.6 Å². The van der Waals surface area contributed by atoms with Crippen molar-refractivity contribution in [1.82, 2.24) is 0 Å². The number of thiophene rings is 1. The molecular weight excluding hydrogens is 409 g/mol. The van der Waals surface area contributed by atoms with E-state index in [0.29, 0.717) is 33.2 Å². The summed E-state index contributed by atoms with van der Waals surface area (Å²) in [7, 11) is 3.07. The van der Waals surface area contributed by atoms with E-state index in [2.05, 4.69) is 5.32 Å². The normalized spacial score (nSPS) is 15.3. The second-order valence-electron chi connectivity index (χ2n) is 6.77. The molecule has 4 rings (SSSR count). The molecule has 1 aliphatic rings. The molecule has 2 heterocycles. The number of carbonyl (C=O) groups excluding carboxylic acids is 1. The summed E-state index contributed by atoms with van der Waals surface area (Å²) in [5.74, 6) is -1.13. The second-order valence-corrected chi connectivity index (χ2v) is 7.83. The number of carboxylic acids is 1. The summed E-state index contributed by atoms with van der Waals surface area (Å²) in [6.07, 6.45) is 0.137. The van der Waals surface area contributed by atoms with Gasteiger partial charge in [0.25, 0.3) is 0 Å². The fraction of sp³-hybridized carbons (Fsp3) is 0.182. The maximum Gasteiger partial charge on any atom is 0.346 e. The number of aromatic carboxylic acids is 1. The van der Waals surface area contributed by atoms with Crippen molar-refractivity contribution in [3.63, 3.8) is 0 Å². The Morgan fingerprint density at radius 3 is 2.67 bits per heavy atom. The average molecular weight is 427 g/mol. The number of carbonyl (C=O) groups is 2. The van der Waals surface area contributed by atoms with Crippen LogP contribution in [0.4, 0.5) is 10.1 Å². The fourth-order valence-corrected chi connectivity index (χ4v) is 4.95. The third-order valence-electron chi connectivity index (χ3n) is 5.03. The molecule has 6 nitrogen and oxygen atoms in total. The van der Waals surface area contributed by atoms with Crippen molar-refractivity contribution in [3.05, 3.63) is 63.6 Å². The standard InChI is InChI=1S/C22H18FNO5S/c1-28-13-6-7-14(16(9-13)29-2)15-10-17(25)24-19-18(11-4-3-5-12(23)8-11)21(22(26)27)30-20(15)19/h3-9,15H,10H2,1-2H3,(H,24,25)(H,26,27)/t15-/m1/s1. The first-order valence-electron chi connectivity index (χ1n) is 9.10. The van der Waals surface area contributed by atoms with E-state index in [1.54, 1.807) is 25.3 Å². The molecule has 1 aromatic heterocycles. The van der Waals surface area contributed by atoms with Crippen molar-refractivity contribution >= 4 is 28.9 Å². The van der Waals surface area contributed by atoms with E-state index in [-0.39, 0.29) is 17.2 Å². The van der Waals surface area contributed by atoms with Gasteiger partial charge in [0.1, 0.15) is 22.2 Å². The van der Waals surface area contributed by atoms with E-state index in [1.807, 2.05) is 6.07 Å². The first kappa shape index (κ1) is 19.9. The van der Waals surface area contributed by atoms with E-state index in [4.69, 9.17) is 9.47 Å². The van der Waals surface area contributed by atoms with Crippen molar-refractivity contribution in [2.75, 3.05) is 19.5 Å². The smallest absolute Gasteiger partial charge is 0.346 e. The zero-order valence-electron chi connectivity index (χ0n) is 16.2. The second kappa shape index (κ2) is 7.79. The molecule has 1 amide bonds. The van der Waals surface area contributed by atoms with Gasteiger partial charge in [-0.3, -0.25) is 4.79 Å². The van der Waals surface area contributed by atoms with Crippen LogP contribution < -0.4 is 14.8 Å². The van der Waals surface area contributed by atoms with Gasteiger partial charge in [-0.1, -0.05) is 18.2 Å². The molecule has 0 fully saturated rings. The summed E-state index contributed by atoms with van der Waals surface area (Å²) in [5.41, 5.74) is 1.86. The van der Waals surface area contributed by atoms with E-state index in [0.717, 1.165) is 16.9 Å². The van der Waals surface area contributed by atoms with Crippen LogP contribution >= 0.6 is 11.3 Å². The molecule has 0 saturated carbocycles. The topological polar surface area (TPSA) is 84.9 Å². The lowest BCUT2D eigenvalue weighted by Gasteiger charge is -2.25. The van der Waals surface area contributed by atoms with Crippen LogP contribution in [0.25, 0.3) is 11.1 Å². The van der Waals surface area contributed by atoms with Crippen molar-refractivity contribution in [3.8, 4) is 22.6 Å². The first-order chi connectivity index (χ1) is 14.4. The Morgan fingerprint density at radius 1 is 1.20 bits per heavy atom. The lowest BCUT2D eigenvalue weighted by Crippen LogP contribution is -2.22. The number of ether oxygens (including phenoxy) is 2. The van der Waals surface area contributed by atoms with Gasteiger partial charge in [0.05, 0.1) is 19.9 Å². The van der Waals surface area contributed by atoms with Crippen LogP contribution in [0, 0.1) is 5.82 Å². The molecule has 0 unspecified atom stereocenters. The van der Waals surface area contributed by atoms with Gasteiger partial charge in [0.15, 0.2) is 0 Å². The predicted molar refractivity (Wildman–Crippen MR) is 111 cm³/mol. The summed E-state index contributed by atoms with van der Waals surface area (Å²) in [6, 6.07) is 11.0. The molecule has 30 heavy (non-hydrogen) atoms. The van der Waals surface area contributed by atoms with Gasteiger partial charge in [-0.25, -0.2) is 9.18 Å². The van der Waals surface area contributed by atoms with Crippen LogP contribution in [-0.4, -0.2) is 31.2 Å². The Bertz CT molecular complexity index is 1160. The molecule has 3 aromatic rings. The van der Waals surface area contributed by atoms with Gasteiger partial charge < -0.3 is 19.9 Å². The van der Waals surface area contributed by atoms with Gasteiger partial charge in [0.2, 0.25) is 5.91 Å². The quantitative estimate of drug-likeness (QED) is 0.614. The molecule has 8 heteroatoms. The lowest BCUT2D eigenvalue weighted by atomic mass is 9.88. The Balaban J connectivity index is 1.94. The van der Waals surface area contributed by atoms with Crippen LogP contribution in [0.1, 0.15) is 32.5 Å². The number of fused-ring (bicyclic) bond motifs is 1. The summed E-state index contributed by atoms with van der Waals surface area (Å²) in [6.45, 7) is 0. The van der Waals surface area contributed by atoms with Gasteiger partial charge in [0, 0.05) is 34.4 Å². The van der Waals surface area contributed by atoms with Crippen LogP contribution in [-0.2, 0) is 4.79 Å². The third-order valence-corrected chi connectivity index (χ3v) is 6.32. The highest BCUT2D eigenvalue weighted by molar-refractivity contribution is 7.15. The summed E-state index contributed by atoms with van der Waals surface area (Å²) >= 11 is 1.08. The third kappa shape index (κ3) is 3.39. The number of nitrogens with one attached hydrogen (secondary N) is 1. The maximum absolute atomic E-state index is 13.9. The Morgan fingerprint density at radius 2 is 2.00 bits per heavy atom. The number of anilines is 1. The highest BCUT2D eigenvalue weighted by Crippen LogP contribution is 2.51. The van der Waals surface area contributed by atoms with Crippen LogP contribution in [0.15, 0.2) is 42.5 Å². The number of rotatable bonds is 5. The molecule has 0 radical (unpaired) electrons. The number of benzene rings is 2. The number of halogens is 1. The molecule has 0 bridgehead atoms. The molecule has 0 saturated heterocycles. The Labute approximate surface area is 175 Å². The van der Waals surface area contributed by atoms with E-state index < -0.39 is 17.7 Å². The highest BCUT2D eigenvalue weighted by atomic mass is 32.1. The minimum Gasteiger partial charge on any atom is -0.497 e. The lowest BCUT2D eigenvalue weighted by molar-refractivity contribution is -0.116. The van der Waals surface area contributed by atoms with Crippen LogP contribution in [0.5, 0.6) is 11.5 Å². The molecule has 2 aromatic carbocycles. The molecular formula is C22H18FNO5S. The highest BCUT2D eigenvalue weighted by Gasteiger charge is 2.35. The van der Waals surface area contributed by atoms with Gasteiger partial charge in [-0.15, -0.1) is 11.3 Å². The van der Waals surface area contributed by atoms with Crippen molar-refractivity contribution in [1.29, 1.82) is 0 Å². The SMILES string of the molecule is COc1ccc([C@H]2CC(=O)Nc3c2sc(C(=O)O)c3-c2cccc(F)c2)c(OC)c1. The number of hydrogen-bond acceptors (Lipinski definition) is 5. The van der Waals surface area contributed by atoms with Crippen molar-refractivity contribution in [2.45, 2.75) is 12.3 Å². The molecule has 0 aliphatic carbocycles. The summed E-state index contributed by atoms with van der Waals surface area (Å²) in [4.78, 5) is 25.3. The molecule has 154 valence electrons. The minimum absolute atomic E-state index is 0.0466. The molecule has 0 spiro atoms. The number of carboxylic acid groups (broad SMARTS) is 1. The zero-order valence-corrected chi connectivity index (χ0v) is 17.0. The summed E-state index contributed by atoms with van der Waals surface area (Å²) in [5, 5.41) is 12.6. The van der Waals surface area contributed by atoms with E-state index in [1.165, 1.54) is 25.3 Å². The van der Waals surface area contributed by atoms with Gasteiger partial charge >= 0.3 is 5.97 Å². The maximum atomic E-state index is 13.9. The Hall–Kier alpha value is -3.39. The molecule has 1 atom stereocenters. The predicted octanol–water partition coefficient (Wildman–Crippen LogP) is 4.74. The largest absolute Gasteiger partial charge is 0.497 e. The van der Waals surface area contributed by atoms with E-state index in [9.17, 15) is 19.1 Å². The number of amides is 1. The molecule has 2 N–H and O–H groups in total. The minimum atomic E-state index is -1.14. The van der Waals surface area contributed by atoms with E-state index >= 15 is 0 Å². The average Bonchev–Trinajstić information content (AvgIpc) is 3.12. The first-order valence-corrected chi connectivity index (χ1v) is 9.92. The number of hydrogen-bond donors (Lipinski definition) is 2. The fourth-order valence-electron chi connectivity index (χ4n) is 3.71. The van der Waals surface area contributed by atoms with Crippen LogP contribution in [0.3, 0.4) is 0 Å². The van der Waals surface area contributed by atoms with Gasteiger partial charge in [-0.05, 0) is 23.8 Å². The zero-order chi connectivity index (χ0) is 21.4. The van der Waals surface area contributed by atoms with Crippen LogP contribution in [0.2, 0.25) is 0 Å². The van der Waals surface area contributed by atoms with Gasteiger partial charge in [-0.2, -0.15) is 0 Å². The summed E-state index contributed by atoms with van der Waals surface area (Å²) < 4.78 is 24.6. The molecule has 1 aliphatic heterocycles. The monoisotopic (exact) mass is 427 g/mol. The number of methoxy groups -OCH3 is 2.